The van der Waals surface area contributed by atoms with Crippen LogP contribution in [-0.4, -0.2) is 15.0 Å². The van der Waals surface area contributed by atoms with Gasteiger partial charge in [-0.15, -0.1) is 0 Å². The van der Waals surface area contributed by atoms with E-state index in [-0.39, 0.29) is 6.54 Å². The van der Waals surface area contributed by atoms with Crippen LogP contribution in [-0.2, 0) is 16.2 Å². The summed E-state index contributed by atoms with van der Waals surface area (Å²) in [7, 11) is -4.00. The zero-order valence-corrected chi connectivity index (χ0v) is 13.9. The summed E-state index contributed by atoms with van der Waals surface area (Å²) < 4.78 is 65.0. The van der Waals surface area contributed by atoms with Gasteiger partial charge in [0, 0.05) is 6.54 Å². The molecule has 8 heteroatoms. The molecule has 1 aromatic carbocycles. The zero-order valence-electron chi connectivity index (χ0n) is 12.3. The third kappa shape index (κ3) is 4.96. The number of allylic oxidation sites excluding steroid dienone is 1. The Bertz CT molecular complexity index is 699. The predicted molar refractivity (Wildman–Crippen MR) is 82.8 cm³/mol. The van der Waals surface area contributed by atoms with Crippen LogP contribution in [0, 0.1) is 0 Å². The molecular weight excluding hydrogens is 351 g/mol. The van der Waals surface area contributed by atoms with Crippen LogP contribution in [0.15, 0.2) is 34.7 Å². The van der Waals surface area contributed by atoms with Crippen molar-refractivity contribution in [3.63, 3.8) is 0 Å². The number of halogens is 4. The topological polar surface area (TPSA) is 46.2 Å². The maximum absolute atomic E-state index is 12.8. The standard InChI is InChI=1S/C15H17ClF3NO2S/c16-14-7-6-12(10-13(14)15(17,18)19)23(21,22)20-9-8-11-4-2-1-3-5-11/h4,6-7,10,20H,1-3,5,8-9H2. The lowest BCUT2D eigenvalue weighted by Crippen LogP contribution is -2.25. The van der Waals surface area contributed by atoms with E-state index in [0.29, 0.717) is 12.5 Å². The Kier molecular flexibility index (Phi) is 5.75. The van der Waals surface area contributed by atoms with Crippen molar-refractivity contribution < 1.29 is 21.6 Å². The second-order valence-electron chi connectivity index (χ2n) is 5.40. The van der Waals surface area contributed by atoms with Crippen molar-refractivity contribution >= 4 is 21.6 Å². The Labute approximate surface area is 138 Å². The molecule has 0 unspecified atom stereocenters. The van der Waals surface area contributed by atoms with Crippen LogP contribution in [0.1, 0.15) is 37.7 Å². The molecule has 0 fully saturated rings. The number of sulfonamides is 1. The average Bonchev–Trinajstić information content (AvgIpc) is 2.47. The fourth-order valence-corrected chi connectivity index (χ4v) is 3.73. The summed E-state index contributed by atoms with van der Waals surface area (Å²) in [5.41, 5.74) is 0.0306. The molecule has 0 heterocycles. The molecule has 0 atom stereocenters. The van der Waals surface area contributed by atoms with Gasteiger partial charge >= 0.3 is 6.18 Å². The minimum atomic E-state index is -4.70. The molecule has 0 bridgehead atoms. The molecule has 2 rings (SSSR count). The molecule has 0 saturated heterocycles. The van der Waals surface area contributed by atoms with Crippen molar-refractivity contribution in [1.29, 1.82) is 0 Å². The molecule has 1 N–H and O–H groups in total. The Morgan fingerprint density at radius 1 is 1.22 bits per heavy atom. The Morgan fingerprint density at radius 2 is 1.96 bits per heavy atom. The minimum Gasteiger partial charge on any atom is -0.211 e. The fraction of sp³-hybridized carbons (Fsp3) is 0.467. The molecule has 128 valence electrons. The highest BCUT2D eigenvalue weighted by atomic mass is 35.5. The molecule has 0 spiro atoms. The normalized spacial score (nSPS) is 16.3. The summed E-state index contributed by atoms with van der Waals surface area (Å²) in [6.45, 7) is 0.165. The zero-order chi connectivity index (χ0) is 17.1. The van der Waals surface area contributed by atoms with E-state index in [4.69, 9.17) is 11.6 Å². The van der Waals surface area contributed by atoms with Gasteiger partial charge in [0.1, 0.15) is 0 Å². The highest BCUT2D eigenvalue weighted by molar-refractivity contribution is 7.89. The summed E-state index contributed by atoms with van der Waals surface area (Å²) in [5.74, 6) is 0. The van der Waals surface area contributed by atoms with Gasteiger partial charge in [0.2, 0.25) is 10.0 Å². The quantitative estimate of drug-likeness (QED) is 0.777. The maximum atomic E-state index is 12.8. The van der Waals surface area contributed by atoms with E-state index in [1.807, 2.05) is 0 Å². The first-order valence-electron chi connectivity index (χ1n) is 7.24. The van der Waals surface area contributed by atoms with E-state index >= 15 is 0 Å². The van der Waals surface area contributed by atoms with E-state index < -0.39 is 31.7 Å². The second kappa shape index (κ2) is 7.23. The number of nitrogens with one attached hydrogen (secondary N) is 1. The molecule has 0 radical (unpaired) electrons. The first kappa shape index (κ1) is 18.3. The molecule has 0 saturated carbocycles. The van der Waals surface area contributed by atoms with Crippen molar-refractivity contribution in [3.8, 4) is 0 Å². The fourth-order valence-electron chi connectivity index (χ4n) is 2.45. The SMILES string of the molecule is O=S(=O)(NCCC1=CCCCC1)c1ccc(Cl)c(C(F)(F)F)c1. The van der Waals surface area contributed by atoms with Crippen LogP contribution in [0.5, 0.6) is 0 Å². The highest BCUT2D eigenvalue weighted by Crippen LogP contribution is 2.35. The van der Waals surface area contributed by atoms with Crippen LogP contribution < -0.4 is 4.72 Å². The van der Waals surface area contributed by atoms with Gasteiger partial charge in [0.25, 0.3) is 0 Å². The number of hydrogen-bond donors (Lipinski definition) is 1. The first-order chi connectivity index (χ1) is 10.7. The Hall–Kier alpha value is -1.05. The van der Waals surface area contributed by atoms with E-state index in [9.17, 15) is 21.6 Å². The Morgan fingerprint density at radius 3 is 2.57 bits per heavy atom. The van der Waals surface area contributed by atoms with Gasteiger partial charge in [0.15, 0.2) is 0 Å². The van der Waals surface area contributed by atoms with Gasteiger partial charge in [-0.3, -0.25) is 0 Å². The molecule has 1 aliphatic rings. The number of hydrogen-bond acceptors (Lipinski definition) is 2. The van der Waals surface area contributed by atoms with Crippen molar-refractivity contribution in [2.45, 2.75) is 43.2 Å². The van der Waals surface area contributed by atoms with E-state index in [0.717, 1.165) is 37.8 Å². The molecule has 3 nitrogen and oxygen atoms in total. The van der Waals surface area contributed by atoms with Gasteiger partial charge < -0.3 is 0 Å². The van der Waals surface area contributed by atoms with Crippen molar-refractivity contribution in [2.75, 3.05) is 6.54 Å². The van der Waals surface area contributed by atoms with Crippen molar-refractivity contribution in [3.05, 3.63) is 40.4 Å². The van der Waals surface area contributed by atoms with Gasteiger partial charge in [0.05, 0.1) is 15.5 Å². The molecular formula is C15H17ClF3NO2S. The summed E-state index contributed by atoms with van der Waals surface area (Å²) in [6, 6.07) is 2.58. The smallest absolute Gasteiger partial charge is 0.211 e. The Balaban J connectivity index is 2.09. The van der Waals surface area contributed by atoms with Crippen LogP contribution in [0.2, 0.25) is 5.02 Å². The van der Waals surface area contributed by atoms with Crippen molar-refractivity contribution in [1.82, 2.24) is 4.72 Å². The number of benzene rings is 1. The minimum absolute atomic E-state index is 0.165. The summed E-state index contributed by atoms with van der Waals surface area (Å²) >= 11 is 5.49. The first-order valence-corrected chi connectivity index (χ1v) is 9.10. The molecule has 0 aliphatic heterocycles. The van der Waals surface area contributed by atoms with Crippen LogP contribution in [0.25, 0.3) is 0 Å². The van der Waals surface area contributed by atoms with Crippen LogP contribution in [0.4, 0.5) is 13.2 Å². The summed E-state index contributed by atoms with van der Waals surface area (Å²) in [6.07, 6.45) is 2.14. The molecule has 1 aromatic rings. The maximum Gasteiger partial charge on any atom is 0.417 e. The van der Waals surface area contributed by atoms with Gasteiger partial charge in [-0.1, -0.05) is 23.3 Å². The summed E-state index contributed by atoms with van der Waals surface area (Å²) in [5, 5.41) is -0.524. The van der Waals surface area contributed by atoms with Crippen LogP contribution in [0.3, 0.4) is 0 Å². The number of rotatable bonds is 5. The summed E-state index contributed by atoms with van der Waals surface area (Å²) in [4.78, 5) is -0.438. The molecule has 0 amide bonds. The largest absolute Gasteiger partial charge is 0.417 e. The molecule has 0 aromatic heterocycles. The van der Waals surface area contributed by atoms with Crippen LogP contribution >= 0.6 is 11.6 Å². The molecule has 23 heavy (non-hydrogen) atoms. The van der Waals surface area contributed by atoms with E-state index in [1.165, 1.54) is 5.57 Å². The van der Waals surface area contributed by atoms with E-state index in [2.05, 4.69) is 10.8 Å². The van der Waals surface area contributed by atoms with Gasteiger partial charge in [-0.05, 0) is 50.3 Å². The monoisotopic (exact) mass is 367 g/mol. The van der Waals surface area contributed by atoms with Gasteiger partial charge in [-0.25, -0.2) is 13.1 Å². The predicted octanol–water partition coefficient (Wildman–Crippen LogP) is 4.53. The lowest BCUT2D eigenvalue weighted by molar-refractivity contribution is -0.137. The van der Waals surface area contributed by atoms with E-state index in [1.54, 1.807) is 0 Å². The van der Waals surface area contributed by atoms with Crippen molar-refractivity contribution in [2.24, 2.45) is 0 Å². The molecule has 1 aliphatic carbocycles. The van der Waals surface area contributed by atoms with Gasteiger partial charge in [-0.2, -0.15) is 13.2 Å². The second-order valence-corrected chi connectivity index (χ2v) is 7.57. The third-order valence-electron chi connectivity index (χ3n) is 3.68. The highest BCUT2D eigenvalue weighted by Gasteiger charge is 2.34. The lowest BCUT2D eigenvalue weighted by atomic mass is 9.97. The third-order valence-corrected chi connectivity index (χ3v) is 5.47. The number of alkyl halides is 3. The average molecular weight is 368 g/mol. The lowest BCUT2D eigenvalue weighted by Gasteiger charge is -2.14.